The maximum atomic E-state index is 13.1. The van der Waals surface area contributed by atoms with E-state index in [0.29, 0.717) is 9.13 Å². The highest BCUT2D eigenvalue weighted by Crippen LogP contribution is 2.23. The number of carbonyl (C=O) groups excluding carboxylic acids is 1. The number of rotatable bonds is 3. The minimum absolute atomic E-state index is 0.0328. The largest absolute Gasteiger partial charge is 0.478 e. The highest BCUT2D eigenvalue weighted by atomic mass is 127. The van der Waals surface area contributed by atoms with E-state index in [2.05, 4.69) is 0 Å². The molecule has 0 bridgehead atoms. The van der Waals surface area contributed by atoms with Gasteiger partial charge in [-0.1, -0.05) is 12.1 Å². The Hall–Kier alpha value is -1.96. The van der Waals surface area contributed by atoms with Crippen LogP contribution in [0.2, 0.25) is 0 Å². The number of amides is 1. The van der Waals surface area contributed by atoms with Crippen molar-refractivity contribution in [2.24, 2.45) is 0 Å². The van der Waals surface area contributed by atoms with Crippen molar-refractivity contribution in [2.45, 2.75) is 0 Å². The molecule has 0 unspecified atom stereocenters. The number of hydrogen-bond acceptors (Lipinski definition) is 2. The van der Waals surface area contributed by atoms with E-state index in [-0.39, 0.29) is 11.3 Å². The maximum Gasteiger partial charge on any atom is 0.337 e. The van der Waals surface area contributed by atoms with E-state index in [1.54, 1.807) is 18.2 Å². The molecule has 2 aromatic carbocycles. The number of aromatic carboxylic acids is 1. The fraction of sp³-hybridized carbons (Fsp3) is 0.0667. The summed E-state index contributed by atoms with van der Waals surface area (Å²) in [6, 6.07) is 10.1. The first-order valence-electron chi connectivity index (χ1n) is 5.97. The molecule has 6 heteroatoms. The summed E-state index contributed by atoms with van der Waals surface area (Å²) in [6.07, 6.45) is 0. The van der Waals surface area contributed by atoms with Crippen molar-refractivity contribution < 1.29 is 19.1 Å². The zero-order valence-corrected chi connectivity index (χ0v) is 13.2. The summed E-state index contributed by atoms with van der Waals surface area (Å²) < 4.78 is 13.6. The van der Waals surface area contributed by atoms with Gasteiger partial charge in [0.25, 0.3) is 5.91 Å². The topological polar surface area (TPSA) is 57.6 Å². The van der Waals surface area contributed by atoms with Crippen LogP contribution in [0.3, 0.4) is 0 Å². The van der Waals surface area contributed by atoms with Gasteiger partial charge in [-0.15, -0.1) is 0 Å². The minimum atomic E-state index is -1.11. The lowest BCUT2D eigenvalue weighted by Crippen LogP contribution is -2.28. The van der Waals surface area contributed by atoms with Gasteiger partial charge < -0.3 is 10.0 Å². The van der Waals surface area contributed by atoms with Gasteiger partial charge in [0.1, 0.15) is 5.82 Å². The normalized spacial score (nSPS) is 10.2. The molecule has 0 heterocycles. The Balaban J connectivity index is 2.42. The fourth-order valence-corrected chi connectivity index (χ4v) is 2.61. The van der Waals surface area contributed by atoms with Gasteiger partial charge in [0.05, 0.1) is 16.8 Å². The van der Waals surface area contributed by atoms with E-state index in [0.717, 1.165) is 0 Å². The van der Waals surface area contributed by atoms with Gasteiger partial charge in [0.2, 0.25) is 0 Å². The van der Waals surface area contributed by atoms with Gasteiger partial charge in [-0.2, -0.15) is 0 Å². The van der Waals surface area contributed by atoms with Gasteiger partial charge >= 0.3 is 5.97 Å². The lowest BCUT2D eigenvalue weighted by Gasteiger charge is -2.20. The summed E-state index contributed by atoms with van der Waals surface area (Å²) in [4.78, 5) is 24.9. The summed E-state index contributed by atoms with van der Waals surface area (Å²) in [6.45, 7) is 0. The number of carboxylic acids is 1. The second-order valence-electron chi connectivity index (χ2n) is 4.31. The zero-order valence-electron chi connectivity index (χ0n) is 11.0. The molecule has 2 rings (SSSR count). The monoisotopic (exact) mass is 399 g/mol. The molecule has 0 saturated heterocycles. The van der Waals surface area contributed by atoms with Gasteiger partial charge in [0, 0.05) is 10.6 Å². The van der Waals surface area contributed by atoms with E-state index in [4.69, 9.17) is 5.11 Å². The number of hydrogen-bond donors (Lipinski definition) is 1. The number of carbonyl (C=O) groups is 2. The molecule has 1 amide bonds. The Kier molecular flexibility index (Phi) is 4.56. The number of para-hydroxylation sites is 1. The van der Waals surface area contributed by atoms with Crippen LogP contribution in [-0.2, 0) is 0 Å². The van der Waals surface area contributed by atoms with Crippen LogP contribution >= 0.6 is 22.6 Å². The summed E-state index contributed by atoms with van der Waals surface area (Å²) in [5.74, 6) is -1.93. The van der Waals surface area contributed by atoms with Crippen molar-refractivity contribution >= 4 is 40.2 Å². The average Bonchev–Trinajstić information content (AvgIpc) is 2.45. The number of nitrogens with zero attached hydrogens (tertiary/aromatic N) is 1. The van der Waals surface area contributed by atoms with Crippen LogP contribution in [0.15, 0.2) is 42.5 Å². The van der Waals surface area contributed by atoms with Crippen LogP contribution in [0.5, 0.6) is 0 Å². The van der Waals surface area contributed by atoms with Crippen molar-refractivity contribution in [3.63, 3.8) is 0 Å². The summed E-state index contributed by atoms with van der Waals surface area (Å²) in [5.41, 5.74) is 0.639. The second-order valence-corrected chi connectivity index (χ2v) is 5.47. The lowest BCUT2D eigenvalue weighted by molar-refractivity contribution is 0.0697. The number of anilines is 1. The van der Waals surface area contributed by atoms with Crippen LogP contribution in [0.25, 0.3) is 0 Å². The summed E-state index contributed by atoms with van der Waals surface area (Å²) in [7, 11) is 1.49. The zero-order chi connectivity index (χ0) is 15.6. The molecule has 0 atom stereocenters. The minimum Gasteiger partial charge on any atom is -0.478 e. The van der Waals surface area contributed by atoms with Crippen LogP contribution in [-0.4, -0.2) is 24.0 Å². The molecule has 21 heavy (non-hydrogen) atoms. The standard InChI is InChI=1S/C15H11FINO3/c1-18(13-5-3-2-4-11(13)15(20)21)14(19)10-7-6-9(16)8-12(10)17/h2-8H,1H3,(H,20,21). The Morgan fingerprint density at radius 1 is 1.14 bits per heavy atom. The van der Waals surface area contributed by atoms with Crippen LogP contribution in [0.1, 0.15) is 20.7 Å². The van der Waals surface area contributed by atoms with Crippen molar-refractivity contribution in [3.05, 3.63) is 63.0 Å². The number of benzene rings is 2. The SMILES string of the molecule is CN(C(=O)c1ccc(F)cc1I)c1ccccc1C(=O)O. The third kappa shape index (κ3) is 3.21. The molecule has 1 N–H and O–H groups in total. The van der Waals surface area contributed by atoms with Crippen molar-refractivity contribution in [2.75, 3.05) is 11.9 Å². The Bertz CT molecular complexity index is 718. The molecule has 4 nitrogen and oxygen atoms in total. The summed E-state index contributed by atoms with van der Waals surface area (Å²) in [5, 5.41) is 9.17. The first-order valence-corrected chi connectivity index (χ1v) is 7.05. The lowest BCUT2D eigenvalue weighted by atomic mass is 10.1. The van der Waals surface area contributed by atoms with Crippen LogP contribution in [0.4, 0.5) is 10.1 Å². The highest BCUT2D eigenvalue weighted by molar-refractivity contribution is 14.1. The molecule has 0 aliphatic carbocycles. The molecule has 2 aromatic rings. The Labute approximate surface area is 134 Å². The van der Waals surface area contributed by atoms with E-state index >= 15 is 0 Å². The Morgan fingerprint density at radius 3 is 2.43 bits per heavy atom. The van der Waals surface area contributed by atoms with Gasteiger partial charge in [-0.3, -0.25) is 4.79 Å². The second kappa shape index (κ2) is 6.21. The molecule has 0 aromatic heterocycles. The summed E-state index contributed by atoms with van der Waals surface area (Å²) >= 11 is 1.87. The van der Waals surface area contributed by atoms with Gasteiger partial charge in [-0.25, -0.2) is 9.18 Å². The third-order valence-corrected chi connectivity index (χ3v) is 3.85. The molecular formula is C15H11FINO3. The maximum absolute atomic E-state index is 13.1. The first kappa shape index (κ1) is 15.4. The van der Waals surface area contributed by atoms with Gasteiger partial charge in [0.15, 0.2) is 0 Å². The molecule has 0 aliphatic heterocycles. The molecule has 0 aliphatic rings. The van der Waals surface area contributed by atoms with E-state index < -0.39 is 17.7 Å². The van der Waals surface area contributed by atoms with Crippen molar-refractivity contribution in [1.29, 1.82) is 0 Å². The predicted molar refractivity (Wildman–Crippen MR) is 85.3 cm³/mol. The van der Waals surface area contributed by atoms with Crippen LogP contribution < -0.4 is 4.90 Å². The number of carboxylic acid groups (broad SMARTS) is 1. The average molecular weight is 399 g/mol. The molecule has 0 saturated carbocycles. The molecule has 0 spiro atoms. The van der Waals surface area contributed by atoms with Crippen LogP contribution in [0, 0.1) is 9.39 Å². The molecule has 108 valence electrons. The van der Waals surface area contributed by atoms with E-state index in [9.17, 15) is 14.0 Å². The molecule has 0 radical (unpaired) electrons. The quantitative estimate of drug-likeness (QED) is 0.806. The molecule has 0 fully saturated rings. The Morgan fingerprint density at radius 2 is 1.81 bits per heavy atom. The predicted octanol–water partition coefficient (Wildman–Crippen LogP) is 3.41. The highest BCUT2D eigenvalue weighted by Gasteiger charge is 2.20. The first-order chi connectivity index (χ1) is 9.91. The smallest absolute Gasteiger partial charge is 0.337 e. The van der Waals surface area contributed by atoms with E-state index in [1.807, 2.05) is 22.6 Å². The van der Waals surface area contributed by atoms with Gasteiger partial charge in [-0.05, 0) is 52.9 Å². The third-order valence-electron chi connectivity index (χ3n) is 2.96. The molecular weight excluding hydrogens is 388 g/mol. The van der Waals surface area contributed by atoms with Crippen molar-refractivity contribution in [1.82, 2.24) is 0 Å². The number of halogens is 2. The van der Waals surface area contributed by atoms with E-state index in [1.165, 1.54) is 36.2 Å². The van der Waals surface area contributed by atoms with Crippen molar-refractivity contribution in [3.8, 4) is 0 Å². The fourth-order valence-electron chi connectivity index (χ4n) is 1.90.